The molecule has 0 aliphatic carbocycles. The smallest absolute Gasteiger partial charge is 0.265 e. The van der Waals surface area contributed by atoms with E-state index in [1.54, 1.807) is 0 Å². The van der Waals surface area contributed by atoms with E-state index in [1.165, 1.54) is 11.3 Å². The quantitative estimate of drug-likeness (QED) is 0.657. The first-order valence-electron chi connectivity index (χ1n) is 7.14. The minimum Gasteiger partial charge on any atom is -0.382 e. The lowest BCUT2D eigenvalue weighted by Crippen LogP contribution is -2.28. The molecule has 1 fully saturated rings. The van der Waals surface area contributed by atoms with Gasteiger partial charge in [-0.15, -0.1) is 0 Å². The normalized spacial score (nSPS) is 18.5. The number of nitrogen functional groups attached to an aromatic ring is 1. The Hall–Kier alpha value is -1.38. The van der Waals surface area contributed by atoms with Crippen molar-refractivity contribution in [3.63, 3.8) is 0 Å². The van der Waals surface area contributed by atoms with Gasteiger partial charge in [0.2, 0.25) is 0 Å². The molecule has 1 aliphatic heterocycles. The third-order valence-corrected chi connectivity index (χ3v) is 4.31. The highest BCUT2D eigenvalue weighted by molar-refractivity contribution is 7.18. The molecule has 1 aliphatic rings. The maximum atomic E-state index is 12.1. The number of amides is 1. The van der Waals surface area contributed by atoms with Gasteiger partial charge in [0.05, 0.1) is 12.7 Å². The number of hydrogen-bond acceptors (Lipinski definition) is 7. The molecule has 21 heavy (non-hydrogen) atoms. The molecule has 1 saturated heterocycles. The third-order valence-electron chi connectivity index (χ3n) is 3.18. The monoisotopic (exact) mass is 313 g/mol. The van der Waals surface area contributed by atoms with Crippen LogP contribution in [0.25, 0.3) is 0 Å². The van der Waals surface area contributed by atoms with Gasteiger partial charge in [-0.2, -0.15) is 0 Å². The highest BCUT2D eigenvalue weighted by Crippen LogP contribution is 2.30. The lowest BCUT2D eigenvalue weighted by atomic mass is 10.3. The molecule has 118 valence electrons. The predicted molar refractivity (Wildman–Crippen MR) is 84.8 cm³/mol. The maximum Gasteiger partial charge on any atom is 0.265 e. The largest absolute Gasteiger partial charge is 0.382 e. The molecule has 1 aromatic heterocycles. The van der Waals surface area contributed by atoms with Crippen molar-refractivity contribution in [2.45, 2.75) is 32.4 Å². The van der Waals surface area contributed by atoms with E-state index in [0.29, 0.717) is 18.0 Å². The van der Waals surface area contributed by atoms with Gasteiger partial charge in [0.25, 0.3) is 5.91 Å². The number of thiazole rings is 1. The number of carbonyl (C=O) groups excluding carboxylic acids is 1. The summed E-state index contributed by atoms with van der Waals surface area (Å²) >= 11 is 1.31. The molecule has 2 heterocycles. The first kappa shape index (κ1) is 16.0. The standard InChI is InChI=1S/C13H23N5O2S/c1-8(2)20-6-4-16-12(19)10-11(15)17-13(21-10)18-5-3-9(14)7-18/h8-9H,3-7,14-15H2,1-2H3,(H,16,19). The van der Waals surface area contributed by atoms with E-state index in [-0.39, 0.29) is 23.9 Å². The Kier molecular flexibility index (Phi) is 5.38. The molecule has 1 aromatic rings. The van der Waals surface area contributed by atoms with Crippen LogP contribution >= 0.6 is 11.3 Å². The summed E-state index contributed by atoms with van der Waals surface area (Å²) in [5, 5.41) is 3.56. The molecule has 8 heteroatoms. The summed E-state index contributed by atoms with van der Waals surface area (Å²) in [5.41, 5.74) is 11.7. The molecule has 1 unspecified atom stereocenters. The average molecular weight is 313 g/mol. The Morgan fingerprint density at radius 3 is 3.00 bits per heavy atom. The van der Waals surface area contributed by atoms with E-state index in [2.05, 4.69) is 15.2 Å². The Labute approximate surface area is 128 Å². The van der Waals surface area contributed by atoms with Crippen molar-refractivity contribution in [3.05, 3.63) is 4.88 Å². The van der Waals surface area contributed by atoms with Crippen LogP contribution in [0.2, 0.25) is 0 Å². The number of nitrogens with two attached hydrogens (primary N) is 2. The van der Waals surface area contributed by atoms with E-state index >= 15 is 0 Å². The number of nitrogens with zero attached hydrogens (tertiary/aromatic N) is 2. The minimum absolute atomic E-state index is 0.154. The summed E-state index contributed by atoms with van der Waals surface area (Å²) in [6.07, 6.45) is 1.09. The number of carbonyl (C=O) groups is 1. The van der Waals surface area contributed by atoms with Gasteiger partial charge in [0.1, 0.15) is 10.7 Å². The molecule has 0 bridgehead atoms. The van der Waals surface area contributed by atoms with Crippen molar-refractivity contribution in [2.24, 2.45) is 5.73 Å². The summed E-state index contributed by atoms with van der Waals surface area (Å²) in [5.74, 6) is 0.0739. The topological polar surface area (TPSA) is 106 Å². The maximum absolute atomic E-state index is 12.1. The van der Waals surface area contributed by atoms with Gasteiger partial charge in [0.15, 0.2) is 5.13 Å². The number of aromatic nitrogens is 1. The van der Waals surface area contributed by atoms with Crippen LogP contribution in [-0.2, 0) is 4.74 Å². The molecule has 0 radical (unpaired) electrons. The molecule has 5 N–H and O–H groups in total. The number of ether oxygens (including phenoxy) is 1. The predicted octanol–water partition coefficient (Wildman–Crippen LogP) is 0.418. The van der Waals surface area contributed by atoms with E-state index in [4.69, 9.17) is 16.2 Å². The molecule has 1 amide bonds. The van der Waals surface area contributed by atoms with Gasteiger partial charge in [-0.3, -0.25) is 4.79 Å². The minimum atomic E-state index is -0.202. The molecule has 0 aromatic carbocycles. The van der Waals surface area contributed by atoms with Crippen molar-refractivity contribution >= 4 is 28.2 Å². The fourth-order valence-electron chi connectivity index (χ4n) is 2.12. The van der Waals surface area contributed by atoms with E-state index in [0.717, 1.165) is 24.6 Å². The number of nitrogens with one attached hydrogen (secondary N) is 1. The second-order valence-electron chi connectivity index (χ2n) is 5.38. The van der Waals surface area contributed by atoms with Crippen LogP contribution in [0.1, 0.15) is 29.9 Å². The molecule has 0 spiro atoms. The highest BCUT2D eigenvalue weighted by atomic mass is 32.1. The Morgan fingerprint density at radius 2 is 2.38 bits per heavy atom. The van der Waals surface area contributed by atoms with E-state index < -0.39 is 0 Å². The highest BCUT2D eigenvalue weighted by Gasteiger charge is 2.24. The van der Waals surface area contributed by atoms with Crippen molar-refractivity contribution in [1.29, 1.82) is 0 Å². The SMILES string of the molecule is CC(C)OCCNC(=O)c1sc(N2CCC(N)C2)nc1N. The van der Waals surface area contributed by atoms with Crippen LogP contribution in [-0.4, -0.2) is 49.3 Å². The average Bonchev–Trinajstić information content (AvgIpc) is 3.00. The lowest BCUT2D eigenvalue weighted by molar-refractivity contribution is 0.0748. The fraction of sp³-hybridized carbons (Fsp3) is 0.692. The van der Waals surface area contributed by atoms with Crippen molar-refractivity contribution in [3.8, 4) is 0 Å². The van der Waals surface area contributed by atoms with Crippen molar-refractivity contribution in [1.82, 2.24) is 10.3 Å². The van der Waals surface area contributed by atoms with Gasteiger partial charge in [-0.1, -0.05) is 11.3 Å². The Balaban J connectivity index is 1.90. The van der Waals surface area contributed by atoms with Gasteiger partial charge >= 0.3 is 0 Å². The summed E-state index contributed by atoms with van der Waals surface area (Å²) in [6.45, 7) is 6.47. The number of rotatable bonds is 6. The Bertz CT molecular complexity index is 491. The molecule has 2 rings (SSSR count). The van der Waals surface area contributed by atoms with E-state index in [9.17, 15) is 4.79 Å². The van der Waals surface area contributed by atoms with Crippen LogP contribution in [0.4, 0.5) is 10.9 Å². The van der Waals surface area contributed by atoms with Crippen LogP contribution in [0.3, 0.4) is 0 Å². The number of anilines is 2. The summed E-state index contributed by atoms with van der Waals surface area (Å²) in [6, 6.07) is 0.167. The zero-order valence-corrected chi connectivity index (χ0v) is 13.3. The first-order chi connectivity index (χ1) is 9.97. The zero-order chi connectivity index (χ0) is 15.4. The lowest BCUT2D eigenvalue weighted by Gasteiger charge is -2.12. The second kappa shape index (κ2) is 7.06. The van der Waals surface area contributed by atoms with Gasteiger partial charge in [0, 0.05) is 25.7 Å². The molecular weight excluding hydrogens is 290 g/mol. The van der Waals surface area contributed by atoms with Crippen LogP contribution < -0.4 is 21.7 Å². The second-order valence-corrected chi connectivity index (χ2v) is 6.36. The van der Waals surface area contributed by atoms with Crippen molar-refractivity contribution in [2.75, 3.05) is 36.9 Å². The fourth-order valence-corrected chi connectivity index (χ4v) is 3.06. The van der Waals surface area contributed by atoms with Gasteiger partial charge in [-0.05, 0) is 20.3 Å². The van der Waals surface area contributed by atoms with Crippen LogP contribution in [0, 0.1) is 0 Å². The molecular formula is C13H23N5O2S. The molecule has 7 nitrogen and oxygen atoms in total. The number of hydrogen-bond donors (Lipinski definition) is 3. The van der Waals surface area contributed by atoms with Crippen LogP contribution in [0.15, 0.2) is 0 Å². The van der Waals surface area contributed by atoms with Crippen LogP contribution in [0.5, 0.6) is 0 Å². The van der Waals surface area contributed by atoms with E-state index in [1.807, 2.05) is 13.8 Å². The summed E-state index contributed by atoms with van der Waals surface area (Å²) < 4.78 is 5.38. The third kappa shape index (κ3) is 4.29. The van der Waals surface area contributed by atoms with Gasteiger partial charge in [-0.25, -0.2) is 4.98 Å². The first-order valence-corrected chi connectivity index (χ1v) is 7.95. The van der Waals surface area contributed by atoms with Gasteiger partial charge < -0.3 is 26.4 Å². The molecule has 1 atom stereocenters. The summed E-state index contributed by atoms with van der Waals surface area (Å²) in [7, 11) is 0. The Morgan fingerprint density at radius 1 is 1.62 bits per heavy atom. The summed E-state index contributed by atoms with van der Waals surface area (Å²) in [4.78, 5) is 18.9. The zero-order valence-electron chi connectivity index (χ0n) is 12.5. The molecule has 0 saturated carbocycles. The van der Waals surface area contributed by atoms with Crippen molar-refractivity contribution < 1.29 is 9.53 Å².